The van der Waals surface area contributed by atoms with E-state index in [4.69, 9.17) is 0 Å². The van der Waals surface area contributed by atoms with Crippen LogP contribution in [0.3, 0.4) is 0 Å². The van der Waals surface area contributed by atoms with E-state index < -0.39 is 5.82 Å². The normalized spacial score (nSPS) is 10.1. The predicted molar refractivity (Wildman–Crippen MR) is 56.1 cm³/mol. The Labute approximate surface area is 88.9 Å². The molecule has 15 heavy (non-hydrogen) atoms. The molecule has 0 aromatic carbocycles. The fraction of sp³-hybridized carbons (Fsp3) is 0.455. The molecular formula is C11H15FN2O. The minimum absolute atomic E-state index is 0.0867. The molecule has 0 aliphatic heterocycles. The van der Waals surface area contributed by atoms with Gasteiger partial charge in [0.25, 0.3) is 5.91 Å². The number of hydrogen-bond acceptors (Lipinski definition) is 2. The average Bonchev–Trinajstić information content (AvgIpc) is 2.25. The maximum absolute atomic E-state index is 13.2. The third-order valence-corrected chi connectivity index (χ3v) is 2.20. The summed E-state index contributed by atoms with van der Waals surface area (Å²) in [4.78, 5) is 16.9. The van der Waals surface area contributed by atoms with E-state index in [2.05, 4.69) is 4.98 Å². The van der Waals surface area contributed by atoms with Crippen molar-refractivity contribution in [2.75, 3.05) is 13.6 Å². The second-order valence-corrected chi connectivity index (χ2v) is 3.44. The lowest BCUT2D eigenvalue weighted by atomic mass is 10.2. The molecule has 3 nitrogen and oxygen atoms in total. The summed E-state index contributed by atoms with van der Waals surface area (Å²) >= 11 is 0. The molecule has 1 heterocycles. The molecule has 4 heteroatoms. The van der Waals surface area contributed by atoms with Crippen molar-refractivity contribution in [3.8, 4) is 0 Å². The van der Waals surface area contributed by atoms with E-state index >= 15 is 0 Å². The van der Waals surface area contributed by atoms with Crippen molar-refractivity contribution >= 4 is 5.91 Å². The van der Waals surface area contributed by atoms with Crippen LogP contribution in [0.5, 0.6) is 0 Å². The molecule has 1 aromatic heterocycles. The smallest absolute Gasteiger partial charge is 0.256 e. The van der Waals surface area contributed by atoms with Crippen molar-refractivity contribution in [1.82, 2.24) is 9.88 Å². The summed E-state index contributed by atoms with van der Waals surface area (Å²) in [5, 5.41) is 0. The molecule has 0 atom stereocenters. The van der Waals surface area contributed by atoms with E-state index in [9.17, 15) is 9.18 Å². The van der Waals surface area contributed by atoms with E-state index in [1.807, 2.05) is 6.92 Å². The fourth-order valence-corrected chi connectivity index (χ4v) is 1.25. The van der Waals surface area contributed by atoms with Crippen LogP contribution in [0.4, 0.5) is 4.39 Å². The van der Waals surface area contributed by atoms with Crippen LogP contribution in [0.15, 0.2) is 18.5 Å². The average molecular weight is 210 g/mol. The Morgan fingerprint density at radius 3 is 2.93 bits per heavy atom. The second-order valence-electron chi connectivity index (χ2n) is 3.44. The van der Waals surface area contributed by atoms with Gasteiger partial charge in [-0.05, 0) is 12.5 Å². The Morgan fingerprint density at radius 2 is 2.33 bits per heavy atom. The van der Waals surface area contributed by atoms with E-state index in [0.717, 1.165) is 19.0 Å². The first-order chi connectivity index (χ1) is 7.16. The Balaban J connectivity index is 2.72. The van der Waals surface area contributed by atoms with Crippen LogP contribution < -0.4 is 0 Å². The Hall–Kier alpha value is -1.45. The van der Waals surface area contributed by atoms with Gasteiger partial charge < -0.3 is 4.90 Å². The van der Waals surface area contributed by atoms with Crippen molar-refractivity contribution in [2.24, 2.45) is 0 Å². The Bertz CT molecular complexity index is 341. The molecule has 0 fully saturated rings. The third kappa shape index (κ3) is 3.01. The van der Waals surface area contributed by atoms with Crippen LogP contribution in [0.25, 0.3) is 0 Å². The number of rotatable bonds is 4. The molecular weight excluding hydrogens is 195 g/mol. The van der Waals surface area contributed by atoms with Crippen LogP contribution >= 0.6 is 0 Å². The number of carbonyl (C=O) groups excluding carboxylic acids is 1. The van der Waals surface area contributed by atoms with Gasteiger partial charge in [-0.15, -0.1) is 0 Å². The molecule has 1 amide bonds. The SMILES string of the molecule is CCCCN(C)C(=O)c1ccncc1F. The summed E-state index contributed by atoms with van der Waals surface area (Å²) < 4.78 is 13.2. The molecule has 0 spiro atoms. The van der Waals surface area contributed by atoms with Crippen molar-refractivity contribution < 1.29 is 9.18 Å². The number of aromatic nitrogens is 1. The maximum Gasteiger partial charge on any atom is 0.256 e. The van der Waals surface area contributed by atoms with Crippen molar-refractivity contribution in [1.29, 1.82) is 0 Å². The van der Waals surface area contributed by atoms with Crippen LogP contribution in [0.2, 0.25) is 0 Å². The molecule has 1 aromatic rings. The fourth-order valence-electron chi connectivity index (χ4n) is 1.25. The zero-order valence-corrected chi connectivity index (χ0v) is 9.03. The standard InChI is InChI=1S/C11H15FN2O/c1-3-4-7-14(2)11(15)9-5-6-13-8-10(9)12/h5-6,8H,3-4,7H2,1-2H3. The van der Waals surface area contributed by atoms with Crippen LogP contribution in [0.1, 0.15) is 30.1 Å². The zero-order valence-electron chi connectivity index (χ0n) is 9.03. The minimum atomic E-state index is -0.564. The summed E-state index contributed by atoms with van der Waals surface area (Å²) in [6.07, 6.45) is 4.41. The lowest BCUT2D eigenvalue weighted by Crippen LogP contribution is -2.28. The summed E-state index contributed by atoms with van der Waals surface area (Å²) in [7, 11) is 1.68. The monoisotopic (exact) mass is 210 g/mol. The van der Waals surface area contributed by atoms with Gasteiger partial charge in [0.15, 0.2) is 5.82 Å². The number of amides is 1. The molecule has 0 bridgehead atoms. The van der Waals surface area contributed by atoms with Crippen molar-refractivity contribution in [2.45, 2.75) is 19.8 Å². The summed E-state index contributed by atoms with van der Waals surface area (Å²) in [5.41, 5.74) is 0.0867. The number of carbonyl (C=O) groups is 1. The quantitative estimate of drug-likeness (QED) is 0.762. The van der Waals surface area contributed by atoms with Gasteiger partial charge in [0.05, 0.1) is 11.8 Å². The van der Waals surface area contributed by atoms with Crippen LogP contribution in [0, 0.1) is 5.82 Å². The number of halogens is 1. The van der Waals surface area contributed by atoms with Gasteiger partial charge in [0.1, 0.15) is 0 Å². The summed E-state index contributed by atoms with van der Waals surface area (Å²) in [6.45, 7) is 2.70. The molecule has 0 unspecified atom stereocenters. The Morgan fingerprint density at radius 1 is 1.60 bits per heavy atom. The molecule has 0 N–H and O–H groups in total. The van der Waals surface area contributed by atoms with Crippen molar-refractivity contribution in [3.63, 3.8) is 0 Å². The highest BCUT2D eigenvalue weighted by Crippen LogP contribution is 2.08. The Kier molecular flexibility index (Phi) is 4.21. The molecule has 1 rings (SSSR count). The first-order valence-electron chi connectivity index (χ1n) is 5.01. The number of nitrogens with zero attached hydrogens (tertiary/aromatic N) is 2. The van der Waals surface area contributed by atoms with E-state index in [0.29, 0.717) is 6.54 Å². The zero-order chi connectivity index (χ0) is 11.3. The number of unbranched alkanes of at least 4 members (excludes halogenated alkanes) is 1. The predicted octanol–water partition coefficient (Wildman–Crippen LogP) is 2.09. The van der Waals surface area contributed by atoms with Gasteiger partial charge in [-0.3, -0.25) is 9.78 Å². The van der Waals surface area contributed by atoms with Gasteiger partial charge >= 0.3 is 0 Å². The van der Waals surface area contributed by atoms with Gasteiger partial charge in [-0.25, -0.2) is 4.39 Å². The van der Waals surface area contributed by atoms with Crippen LogP contribution in [-0.4, -0.2) is 29.4 Å². The highest BCUT2D eigenvalue weighted by atomic mass is 19.1. The van der Waals surface area contributed by atoms with Crippen LogP contribution in [-0.2, 0) is 0 Å². The topological polar surface area (TPSA) is 33.2 Å². The van der Waals surface area contributed by atoms with E-state index in [1.54, 1.807) is 7.05 Å². The third-order valence-electron chi connectivity index (χ3n) is 2.20. The van der Waals surface area contributed by atoms with Gasteiger partial charge in [0, 0.05) is 19.8 Å². The highest BCUT2D eigenvalue weighted by molar-refractivity contribution is 5.94. The highest BCUT2D eigenvalue weighted by Gasteiger charge is 2.14. The number of pyridine rings is 1. The molecule has 0 saturated heterocycles. The summed E-state index contributed by atoms with van der Waals surface area (Å²) in [5.74, 6) is -0.853. The second kappa shape index (κ2) is 5.44. The van der Waals surface area contributed by atoms with Gasteiger partial charge in [-0.1, -0.05) is 13.3 Å². The van der Waals surface area contributed by atoms with E-state index in [1.165, 1.54) is 17.2 Å². The molecule has 82 valence electrons. The molecule has 0 aliphatic carbocycles. The summed E-state index contributed by atoms with van der Waals surface area (Å²) in [6, 6.07) is 1.40. The number of hydrogen-bond donors (Lipinski definition) is 0. The van der Waals surface area contributed by atoms with E-state index in [-0.39, 0.29) is 11.5 Å². The van der Waals surface area contributed by atoms with Gasteiger partial charge in [0.2, 0.25) is 0 Å². The lowest BCUT2D eigenvalue weighted by molar-refractivity contribution is 0.0788. The first kappa shape index (κ1) is 11.6. The van der Waals surface area contributed by atoms with Crippen molar-refractivity contribution in [3.05, 3.63) is 29.8 Å². The molecule has 0 radical (unpaired) electrons. The first-order valence-corrected chi connectivity index (χ1v) is 5.01. The molecule has 0 aliphatic rings. The molecule has 0 saturated carbocycles. The lowest BCUT2D eigenvalue weighted by Gasteiger charge is -2.16. The maximum atomic E-state index is 13.2. The van der Waals surface area contributed by atoms with Gasteiger partial charge in [-0.2, -0.15) is 0 Å². The minimum Gasteiger partial charge on any atom is -0.342 e. The largest absolute Gasteiger partial charge is 0.342 e.